The van der Waals surface area contributed by atoms with Gasteiger partial charge in [-0.2, -0.15) is 10.1 Å². The van der Waals surface area contributed by atoms with Gasteiger partial charge >= 0.3 is 0 Å². The number of aliphatic imine (C=N–C) groups is 1. The summed E-state index contributed by atoms with van der Waals surface area (Å²) in [6.45, 7) is 1.75. The van der Waals surface area contributed by atoms with Crippen LogP contribution in [0.2, 0.25) is 0 Å². The van der Waals surface area contributed by atoms with E-state index in [1.54, 1.807) is 17.8 Å². The van der Waals surface area contributed by atoms with E-state index in [-0.39, 0.29) is 18.4 Å². The zero-order valence-electron chi connectivity index (χ0n) is 13.6. The van der Waals surface area contributed by atoms with Gasteiger partial charge < -0.3 is 11.5 Å². The molecular weight excluding hydrogens is 338 g/mol. The Kier molecular flexibility index (Phi) is 5.56. The first-order valence-electron chi connectivity index (χ1n) is 7.41. The van der Waals surface area contributed by atoms with Gasteiger partial charge in [-0.25, -0.2) is 4.68 Å². The highest BCUT2D eigenvalue weighted by atomic mass is 35.5. The molecule has 1 aromatic heterocycles. The molecule has 0 atom stereocenters. The zero-order valence-corrected chi connectivity index (χ0v) is 14.4. The summed E-state index contributed by atoms with van der Waals surface area (Å²) in [4.78, 5) is 15.7. The number of carbonyl (C=O) groups excluding carboxylic acids is 1. The van der Waals surface area contributed by atoms with Crippen molar-refractivity contribution in [2.45, 2.75) is 6.92 Å². The summed E-state index contributed by atoms with van der Waals surface area (Å²) in [6.07, 6.45) is 1.64. The topological polar surface area (TPSA) is 99.3 Å². The lowest BCUT2D eigenvalue weighted by molar-refractivity contribution is 0.100. The van der Waals surface area contributed by atoms with Crippen LogP contribution < -0.4 is 11.5 Å². The van der Waals surface area contributed by atoms with Crippen LogP contribution in [0.25, 0.3) is 16.8 Å². The van der Waals surface area contributed by atoms with Crippen molar-refractivity contribution < 1.29 is 4.79 Å². The lowest BCUT2D eigenvalue weighted by Gasteiger charge is -2.09. The number of aromatic nitrogens is 2. The summed E-state index contributed by atoms with van der Waals surface area (Å²) in [5.41, 5.74) is 14.4. The Morgan fingerprint density at radius 1 is 1.04 bits per heavy atom. The van der Waals surface area contributed by atoms with Crippen molar-refractivity contribution >= 4 is 24.3 Å². The van der Waals surface area contributed by atoms with E-state index in [2.05, 4.69) is 10.1 Å². The fraction of sp³-hybridized carbons (Fsp3) is 0.0556. The predicted molar refractivity (Wildman–Crippen MR) is 101 cm³/mol. The van der Waals surface area contributed by atoms with Crippen molar-refractivity contribution in [3.63, 3.8) is 0 Å². The molecule has 0 saturated heterocycles. The first kappa shape index (κ1) is 18.2. The molecule has 1 heterocycles. The fourth-order valence-corrected chi connectivity index (χ4v) is 2.51. The summed E-state index contributed by atoms with van der Waals surface area (Å²) in [6, 6.07) is 17.8. The average molecular weight is 356 g/mol. The number of nitrogens with two attached hydrogens (primary N) is 2. The highest BCUT2D eigenvalue weighted by Gasteiger charge is 2.15. The van der Waals surface area contributed by atoms with Crippen molar-refractivity contribution in [3.05, 3.63) is 72.1 Å². The number of rotatable bonds is 3. The van der Waals surface area contributed by atoms with Crippen LogP contribution in [-0.4, -0.2) is 21.6 Å². The van der Waals surface area contributed by atoms with Gasteiger partial charge in [0.2, 0.25) is 0 Å². The van der Waals surface area contributed by atoms with Crippen LogP contribution in [0.15, 0.2) is 65.8 Å². The molecule has 7 heteroatoms. The number of hydrogen-bond acceptors (Lipinski definition) is 2. The number of guanidine groups is 1. The van der Waals surface area contributed by atoms with Crippen LogP contribution in [-0.2, 0) is 0 Å². The minimum atomic E-state index is -0.504. The summed E-state index contributed by atoms with van der Waals surface area (Å²) in [5.74, 6) is -0.771. The van der Waals surface area contributed by atoms with E-state index in [0.717, 1.165) is 16.8 Å². The van der Waals surface area contributed by atoms with Gasteiger partial charge in [0, 0.05) is 11.8 Å². The van der Waals surface area contributed by atoms with E-state index in [4.69, 9.17) is 11.5 Å². The molecule has 3 rings (SSSR count). The molecule has 128 valence electrons. The number of nitrogens with zero attached hydrogens (tertiary/aromatic N) is 3. The number of halogens is 1. The van der Waals surface area contributed by atoms with Crippen molar-refractivity contribution in [2.75, 3.05) is 0 Å². The number of carbonyl (C=O) groups is 1. The molecule has 0 radical (unpaired) electrons. The molecule has 1 amide bonds. The van der Waals surface area contributed by atoms with Crippen LogP contribution in [0.4, 0.5) is 0 Å². The van der Waals surface area contributed by atoms with Gasteiger partial charge in [-0.1, -0.05) is 48.5 Å². The molecule has 0 aliphatic rings. The van der Waals surface area contributed by atoms with E-state index >= 15 is 0 Å². The number of hydrogen-bond donors (Lipinski definition) is 2. The second-order valence-electron chi connectivity index (χ2n) is 5.30. The van der Waals surface area contributed by atoms with E-state index in [1.807, 2.05) is 54.6 Å². The molecule has 6 nitrogen and oxygen atoms in total. The number of benzene rings is 2. The van der Waals surface area contributed by atoms with Gasteiger partial charge in [0.25, 0.3) is 5.91 Å². The third kappa shape index (κ3) is 3.87. The number of amides is 1. The summed E-state index contributed by atoms with van der Waals surface area (Å²) < 4.78 is 1.67. The molecule has 25 heavy (non-hydrogen) atoms. The first-order chi connectivity index (χ1) is 11.6. The molecule has 0 aliphatic heterocycles. The van der Waals surface area contributed by atoms with Gasteiger partial charge in [0.05, 0.1) is 16.9 Å². The van der Waals surface area contributed by atoms with Crippen LogP contribution in [0.1, 0.15) is 16.1 Å². The Balaban J connectivity index is 0.00000225. The normalized spacial score (nSPS) is 9.96. The Morgan fingerprint density at radius 3 is 2.36 bits per heavy atom. The first-order valence-corrected chi connectivity index (χ1v) is 7.41. The summed E-state index contributed by atoms with van der Waals surface area (Å²) in [7, 11) is 0. The van der Waals surface area contributed by atoms with Crippen molar-refractivity contribution in [3.8, 4) is 16.8 Å². The van der Waals surface area contributed by atoms with Gasteiger partial charge in [-0.3, -0.25) is 4.79 Å². The molecule has 0 saturated carbocycles. The van der Waals surface area contributed by atoms with Gasteiger partial charge in [0.15, 0.2) is 5.96 Å². The largest absolute Gasteiger partial charge is 0.370 e. The zero-order chi connectivity index (χ0) is 17.1. The lowest BCUT2D eigenvalue weighted by Crippen LogP contribution is -2.24. The molecular formula is C18H18ClN5O. The average Bonchev–Trinajstić information content (AvgIpc) is 2.97. The fourth-order valence-electron chi connectivity index (χ4n) is 2.51. The van der Waals surface area contributed by atoms with E-state index in [1.165, 1.54) is 0 Å². The second-order valence-corrected chi connectivity index (χ2v) is 5.30. The quantitative estimate of drug-likeness (QED) is 0.557. The van der Waals surface area contributed by atoms with Gasteiger partial charge in [-0.05, 0) is 18.6 Å². The Hall–Kier alpha value is -3.12. The Bertz CT molecular complexity index is 914. The highest BCUT2D eigenvalue weighted by Crippen LogP contribution is 2.26. The predicted octanol–water partition coefficient (Wildman–Crippen LogP) is 2.68. The standard InChI is InChI=1S/C18H17N5O.ClH/c1-12-15(17(24)21-18(19)20)11-23(22-12)16-10-6-5-9-14(16)13-7-3-2-4-8-13;/h2-11H,1H3,(H4,19,20,21,24);1H. The van der Waals surface area contributed by atoms with E-state index < -0.39 is 5.91 Å². The van der Waals surface area contributed by atoms with Crippen LogP contribution in [0.3, 0.4) is 0 Å². The molecule has 4 N–H and O–H groups in total. The minimum Gasteiger partial charge on any atom is -0.370 e. The third-order valence-electron chi connectivity index (χ3n) is 3.60. The maximum Gasteiger partial charge on any atom is 0.283 e. The number of aryl methyl sites for hydroxylation is 1. The summed E-state index contributed by atoms with van der Waals surface area (Å²) in [5, 5.41) is 4.44. The monoisotopic (exact) mass is 355 g/mol. The van der Waals surface area contributed by atoms with Crippen LogP contribution >= 0.6 is 12.4 Å². The van der Waals surface area contributed by atoms with Crippen molar-refractivity contribution in [1.29, 1.82) is 0 Å². The molecule has 0 unspecified atom stereocenters. The molecule has 3 aromatic rings. The SMILES string of the molecule is Cc1nn(-c2ccccc2-c2ccccc2)cc1C(=O)N=C(N)N.Cl. The van der Waals surface area contributed by atoms with E-state index in [0.29, 0.717) is 11.3 Å². The minimum absolute atomic E-state index is 0. The van der Waals surface area contributed by atoms with E-state index in [9.17, 15) is 4.79 Å². The molecule has 0 fully saturated rings. The van der Waals surface area contributed by atoms with Crippen molar-refractivity contribution in [2.24, 2.45) is 16.5 Å². The smallest absolute Gasteiger partial charge is 0.283 e. The third-order valence-corrected chi connectivity index (χ3v) is 3.60. The Labute approximate surface area is 151 Å². The number of para-hydroxylation sites is 1. The lowest BCUT2D eigenvalue weighted by atomic mass is 10.0. The van der Waals surface area contributed by atoms with Gasteiger partial charge in [0.1, 0.15) is 0 Å². The molecule has 0 bridgehead atoms. The van der Waals surface area contributed by atoms with Crippen LogP contribution in [0, 0.1) is 6.92 Å². The highest BCUT2D eigenvalue weighted by molar-refractivity contribution is 6.02. The summed E-state index contributed by atoms with van der Waals surface area (Å²) >= 11 is 0. The maximum atomic E-state index is 12.1. The second kappa shape index (κ2) is 7.63. The van der Waals surface area contributed by atoms with Crippen LogP contribution in [0.5, 0.6) is 0 Å². The molecule has 0 aliphatic carbocycles. The molecule has 2 aromatic carbocycles. The Morgan fingerprint density at radius 2 is 1.68 bits per heavy atom. The van der Waals surface area contributed by atoms with Gasteiger partial charge in [-0.15, -0.1) is 12.4 Å². The molecule has 0 spiro atoms. The van der Waals surface area contributed by atoms with Crippen molar-refractivity contribution in [1.82, 2.24) is 9.78 Å². The maximum absolute atomic E-state index is 12.1.